The van der Waals surface area contributed by atoms with Crippen LogP contribution in [0.2, 0.25) is 0 Å². The van der Waals surface area contributed by atoms with Crippen molar-refractivity contribution in [3.63, 3.8) is 0 Å². The first-order chi connectivity index (χ1) is 8.75. The van der Waals surface area contributed by atoms with Crippen LogP contribution in [0.1, 0.15) is 17.4 Å². The number of fused-ring (bicyclic) bond motifs is 1. The molecule has 0 amide bonds. The maximum absolute atomic E-state index is 10.2. The van der Waals surface area contributed by atoms with Gasteiger partial charge in [0.25, 0.3) is 0 Å². The van der Waals surface area contributed by atoms with Gasteiger partial charge in [-0.15, -0.1) is 0 Å². The average molecular weight is 248 g/mol. The van der Waals surface area contributed by atoms with Crippen molar-refractivity contribution in [2.75, 3.05) is 19.8 Å². The van der Waals surface area contributed by atoms with Crippen LogP contribution in [0, 0.1) is 6.92 Å². The molecule has 0 bridgehead atoms. The number of ether oxygens (including phenoxy) is 2. The molecule has 0 aliphatic carbocycles. The summed E-state index contributed by atoms with van der Waals surface area (Å²) in [5.74, 6) is 0.537. The van der Waals surface area contributed by atoms with Gasteiger partial charge >= 0.3 is 0 Å². The lowest BCUT2D eigenvalue weighted by molar-refractivity contribution is -0.137. The summed E-state index contributed by atoms with van der Waals surface area (Å²) in [5.41, 5.74) is 1.88. The number of hydrogen-bond acceptors (Lipinski definition) is 4. The van der Waals surface area contributed by atoms with Gasteiger partial charge in [0.1, 0.15) is 23.6 Å². The quantitative estimate of drug-likeness (QED) is 0.885. The van der Waals surface area contributed by atoms with Crippen LogP contribution in [-0.4, -0.2) is 31.0 Å². The second-order valence-corrected chi connectivity index (χ2v) is 4.57. The highest BCUT2D eigenvalue weighted by molar-refractivity contribution is 5.80. The van der Waals surface area contributed by atoms with E-state index in [1.54, 1.807) is 0 Å². The van der Waals surface area contributed by atoms with Crippen LogP contribution in [0.5, 0.6) is 0 Å². The fourth-order valence-corrected chi connectivity index (χ4v) is 2.25. The highest BCUT2D eigenvalue weighted by Gasteiger charge is 2.27. The normalized spacial score (nSPS) is 22.2. The molecule has 1 aliphatic rings. The molecule has 1 saturated heterocycles. The van der Waals surface area contributed by atoms with Crippen LogP contribution in [0.4, 0.5) is 0 Å². The van der Waals surface area contributed by atoms with Crippen LogP contribution < -0.4 is 0 Å². The Labute approximate surface area is 105 Å². The predicted octanol–water partition coefficient (Wildman–Crippen LogP) is 2.19. The molecule has 96 valence electrons. The zero-order valence-electron chi connectivity index (χ0n) is 10.3. The second-order valence-electron chi connectivity index (χ2n) is 4.57. The number of rotatable bonds is 2. The summed E-state index contributed by atoms with van der Waals surface area (Å²) in [6.07, 6.45) is -1.13. The Kier molecular flexibility index (Phi) is 3.07. The van der Waals surface area contributed by atoms with Crippen LogP contribution in [-0.2, 0) is 9.47 Å². The van der Waals surface area contributed by atoms with E-state index in [2.05, 4.69) is 0 Å². The van der Waals surface area contributed by atoms with Crippen molar-refractivity contribution < 1.29 is 19.0 Å². The molecular formula is C14H16O4. The molecule has 1 fully saturated rings. The Balaban J connectivity index is 1.91. The molecule has 0 spiro atoms. The van der Waals surface area contributed by atoms with Gasteiger partial charge < -0.3 is 19.0 Å². The summed E-state index contributed by atoms with van der Waals surface area (Å²) in [5, 5.41) is 11.2. The van der Waals surface area contributed by atoms with Crippen molar-refractivity contribution in [3.8, 4) is 0 Å². The van der Waals surface area contributed by atoms with Crippen molar-refractivity contribution in [1.82, 2.24) is 0 Å². The van der Waals surface area contributed by atoms with Crippen molar-refractivity contribution in [2.45, 2.75) is 19.1 Å². The molecule has 3 rings (SSSR count). The molecule has 0 radical (unpaired) electrons. The first-order valence-electron chi connectivity index (χ1n) is 6.12. The van der Waals surface area contributed by atoms with E-state index in [4.69, 9.17) is 13.9 Å². The van der Waals surface area contributed by atoms with Gasteiger partial charge in [0.15, 0.2) is 0 Å². The second kappa shape index (κ2) is 4.72. The van der Waals surface area contributed by atoms with Gasteiger partial charge in [-0.3, -0.25) is 0 Å². The zero-order valence-corrected chi connectivity index (χ0v) is 10.3. The van der Waals surface area contributed by atoms with E-state index < -0.39 is 6.10 Å². The largest absolute Gasteiger partial charge is 0.458 e. The van der Waals surface area contributed by atoms with Crippen molar-refractivity contribution >= 4 is 11.0 Å². The monoisotopic (exact) mass is 248 g/mol. The highest BCUT2D eigenvalue weighted by atomic mass is 16.6. The Bertz CT molecular complexity index is 540. The third-order valence-corrected chi connectivity index (χ3v) is 3.25. The van der Waals surface area contributed by atoms with Gasteiger partial charge in [-0.25, -0.2) is 0 Å². The number of benzene rings is 1. The van der Waals surface area contributed by atoms with E-state index >= 15 is 0 Å². The molecule has 4 heteroatoms. The van der Waals surface area contributed by atoms with E-state index in [1.165, 1.54) is 0 Å². The van der Waals surface area contributed by atoms with Gasteiger partial charge in [0.05, 0.1) is 19.8 Å². The van der Waals surface area contributed by atoms with Crippen molar-refractivity contribution in [3.05, 3.63) is 35.6 Å². The fraction of sp³-hybridized carbons (Fsp3) is 0.429. The third kappa shape index (κ3) is 2.03. The maximum atomic E-state index is 10.2. The van der Waals surface area contributed by atoms with Gasteiger partial charge in [-0.2, -0.15) is 0 Å². The third-order valence-electron chi connectivity index (χ3n) is 3.25. The minimum absolute atomic E-state index is 0.348. The Morgan fingerprint density at radius 2 is 2.22 bits per heavy atom. The summed E-state index contributed by atoms with van der Waals surface area (Å²) in [4.78, 5) is 0. The summed E-state index contributed by atoms with van der Waals surface area (Å²) < 4.78 is 16.5. The smallest absolute Gasteiger partial charge is 0.140 e. The molecule has 1 aromatic heterocycles. The van der Waals surface area contributed by atoms with Crippen LogP contribution in [0.25, 0.3) is 11.0 Å². The van der Waals surface area contributed by atoms with Gasteiger partial charge in [-0.05, 0) is 18.6 Å². The zero-order chi connectivity index (χ0) is 12.5. The Morgan fingerprint density at radius 3 is 2.94 bits per heavy atom. The standard InChI is InChI=1S/C14H16O4/c1-9-3-2-4-10-7-11(18-14(9)10)13(15)12-8-16-5-6-17-12/h2-4,7,12-13,15H,5-6,8H2,1H3. The molecule has 2 unspecified atom stereocenters. The fourth-order valence-electron chi connectivity index (χ4n) is 2.25. The summed E-state index contributed by atoms with van der Waals surface area (Å²) in [6.45, 7) is 3.49. The van der Waals surface area contributed by atoms with E-state index in [1.807, 2.05) is 31.2 Å². The van der Waals surface area contributed by atoms with E-state index in [0.29, 0.717) is 25.6 Å². The molecule has 1 aliphatic heterocycles. The summed E-state index contributed by atoms with van der Waals surface area (Å²) >= 11 is 0. The van der Waals surface area contributed by atoms with Crippen LogP contribution >= 0.6 is 0 Å². The maximum Gasteiger partial charge on any atom is 0.140 e. The summed E-state index contributed by atoms with van der Waals surface area (Å²) in [6, 6.07) is 7.80. The topological polar surface area (TPSA) is 51.8 Å². The average Bonchev–Trinajstić information content (AvgIpc) is 2.84. The van der Waals surface area contributed by atoms with Crippen molar-refractivity contribution in [2.24, 2.45) is 0 Å². The molecule has 1 N–H and O–H groups in total. The lowest BCUT2D eigenvalue weighted by Gasteiger charge is -2.25. The van der Waals surface area contributed by atoms with Gasteiger partial charge in [0, 0.05) is 5.39 Å². The first kappa shape index (κ1) is 11.7. The number of aliphatic hydroxyl groups excluding tert-OH is 1. The Hall–Kier alpha value is -1.36. The molecule has 2 atom stereocenters. The minimum atomic E-state index is -0.780. The molecule has 2 aromatic rings. The summed E-state index contributed by atoms with van der Waals surface area (Å²) in [7, 11) is 0. The van der Waals surface area contributed by atoms with E-state index in [0.717, 1.165) is 16.5 Å². The van der Waals surface area contributed by atoms with E-state index in [-0.39, 0.29) is 6.10 Å². The molecular weight excluding hydrogens is 232 g/mol. The van der Waals surface area contributed by atoms with Gasteiger partial charge in [-0.1, -0.05) is 18.2 Å². The first-order valence-corrected chi connectivity index (χ1v) is 6.12. The van der Waals surface area contributed by atoms with E-state index in [9.17, 15) is 5.11 Å². The lowest BCUT2D eigenvalue weighted by atomic mass is 10.1. The number of aryl methyl sites for hydroxylation is 1. The van der Waals surface area contributed by atoms with Crippen molar-refractivity contribution in [1.29, 1.82) is 0 Å². The molecule has 4 nitrogen and oxygen atoms in total. The lowest BCUT2D eigenvalue weighted by Crippen LogP contribution is -2.33. The number of para-hydroxylation sites is 1. The number of furan rings is 1. The highest BCUT2D eigenvalue weighted by Crippen LogP contribution is 2.29. The number of aliphatic hydroxyl groups is 1. The number of hydrogen-bond donors (Lipinski definition) is 1. The molecule has 1 aromatic carbocycles. The predicted molar refractivity (Wildman–Crippen MR) is 66.5 cm³/mol. The molecule has 18 heavy (non-hydrogen) atoms. The Morgan fingerprint density at radius 1 is 1.33 bits per heavy atom. The molecule has 2 heterocycles. The SMILES string of the molecule is Cc1cccc2cc(C(O)C3COCCO3)oc12. The minimum Gasteiger partial charge on any atom is -0.458 e. The van der Waals surface area contributed by atoms with Crippen LogP contribution in [0.15, 0.2) is 28.7 Å². The van der Waals surface area contributed by atoms with Gasteiger partial charge in [0.2, 0.25) is 0 Å². The van der Waals surface area contributed by atoms with Crippen LogP contribution in [0.3, 0.4) is 0 Å². The molecule has 0 saturated carbocycles.